The summed E-state index contributed by atoms with van der Waals surface area (Å²) >= 11 is 0. The maximum atomic E-state index is 4.52. The molecule has 3 fully saturated rings. The summed E-state index contributed by atoms with van der Waals surface area (Å²) in [5.41, 5.74) is 2.61. The van der Waals surface area contributed by atoms with E-state index in [0.717, 1.165) is 18.9 Å². The number of piperidine rings is 3. The third kappa shape index (κ3) is 2.43. The molecule has 0 amide bonds. The van der Waals surface area contributed by atoms with Crippen LogP contribution in [0.4, 0.5) is 0 Å². The van der Waals surface area contributed by atoms with Gasteiger partial charge in [-0.05, 0) is 49.9 Å². The van der Waals surface area contributed by atoms with Crippen molar-refractivity contribution in [3.05, 3.63) is 29.6 Å². The zero-order chi connectivity index (χ0) is 12.4. The number of rotatable bonds is 4. The molecule has 1 unspecified atom stereocenters. The van der Waals surface area contributed by atoms with E-state index in [9.17, 15) is 0 Å². The molecule has 18 heavy (non-hydrogen) atoms. The molecule has 3 aliphatic heterocycles. The molecule has 3 saturated heterocycles. The molecule has 0 spiro atoms. The normalized spacial score (nSPS) is 30.6. The van der Waals surface area contributed by atoms with Crippen molar-refractivity contribution in [1.82, 2.24) is 15.2 Å². The van der Waals surface area contributed by atoms with Gasteiger partial charge in [-0.15, -0.1) is 0 Å². The largest absolute Gasteiger partial charge is 0.307 e. The lowest BCUT2D eigenvalue weighted by Crippen LogP contribution is -2.55. The number of hydrogen-bond acceptors (Lipinski definition) is 3. The van der Waals surface area contributed by atoms with E-state index in [0.29, 0.717) is 6.04 Å². The Kier molecular flexibility index (Phi) is 3.62. The number of pyridine rings is 1. The first-order valence-corrected chi connectivity index (χ1v) is 7.25. The van der Waals surface area contributed by atoms with Gasteiger partial charge in [0.25, 0.3) is 0 Å². The third-order valence-electron chi connectivity index (χ3n) is 4.55. The van der Waals surface area contributed by atoms with E-state index in [1.54, 1.807) is 0 Å². The summed E-state index contributed by atoms with van der Waals surface area (Å²) in [7, 11) is 0. The van der Waals surface area contributed by atoms with Crippen LogP contribution in [0.5, 0.6) is 0 Å². The lowest BCUT2D eigenvalue weighted by molar-refractivity contribution is 0.0718. The molecule has 0 saturated carbocycles. The van der Waals surface area contributed by atoms with Gasteiger partial charge >= 0.3 is 0 Å². The van der Waals surface area contributed by atoms with E-state index in [-0.39, 0.29) is 0 Å². The van der Waals surface area contributed by atoms with E-state index in [1.807, 2.05) is 12.3 Å². The van der Waals surface area contributed by atoms with E-state index < -0.39 is 0 Å². The molecule has 1 atom stereocenters. The van der Waals surface area contributed by atoms with Crippen molar-refractivity contribution in [3.8, 4) is 0 Å². The summed E-state index contributed by atoms with van der Waals surface area (Å²) < 4.78 is 0. The molecule has 0 radical (unpaired) electrons. The minimum absolute atomic E-state index is 0.680. The topological polar surface area (TPSA) is 28.2 Å². The second kappa shape index (κ2) is 5.37. The van der Waals surface area contributed by atoms with Crippen molar-refractivity contribution < 1.29 is 0 Å². The number of nitrogens with zero attached hydrogens (tertiary/aromatic N) is 2. The fourth-order valence-corrected chi connectivity index (χ4v) is 3.38. The van der Waals surface area contributed by atoms with Crippen LogP contribution in [0.2, 0.25) is 0 Å². The molecule has 4 rings (SSSR count). The highest BCUT2D eigenvalue weighted by Gasteiger charge is 2.33. The van der Waals surface area contributed by atoms with Gasteiger partial charge in [0.15, 0.2) is 0 Å². The Morgan fingerprint density at radius 2 is 2.22 bits per heavy atom. The maximum absolute atomic E-state index is 4.52. The summed E-state index contributed by atoms with van der Waals surface area (Å²) in [5, 5.41) is 3.74. The summed E-state index contributed by atoms with van der Waals surface area (Å²) in [5.74, 6) is 0.892. The van der Waals surface area contributed by atoms with E-state index in [1.165, 1.54) is 43.7 Å². The van der Waals surface area contributed by atoms with Crippen LogP contribution in [0, 0.1) is 5.92 Å². The van der Waals surface area contributed by atoms with Crippen LogP contribution in [0.3, 0.4) is 0 Å². The highest BCUT2D eigenvalue weighted by Crippen LogP contribution is 2.27. The molecular formula is C15H23N3. The molecular weight excluding hydrogens is 222 g/mol. The van der Waals surface area contributed by atoms with Gasteiger partial charge in [-0.1, -0.05) is 13.0 Å². The Balaban J connectivity index is 1.61. The third-order valence-corrected chi connectivity index (χ3v) is 4.55. The molecule has 3 nitrogen and oxygen atoms in total. The molecule has 1 aromatic rings. The van der Waals surface area contributed by atoms with Gasteiger partial charge in [-0.2, -0.15) is 0 Å². The van der Waals surface area contributed by atoms with Crippen LogP contribution in [0.1, 0.15) is 31.0 Å². The summed E-state index contributed by atoms with van der Waals surface area (Å²) in [6.07, 6.45) is 5.73. The van der Waals surface area contributed by atoms with Crippen LogP contribution in [0.15, 0.2) is 18.3 Å². The van der Waals surface area contributed by atoms with Gasteiger partial charge in [-0.3, -0.25) is 4.98 Å². The van der Waals surface area contributed by atoms with E-state index in [2.05, 4.69) is 28.2 Å². The smallest absolute Gasteiger partial charge is 0.0573 e. The SMILES string of the molecule is CCc1cccnc1CNC1CN2CCC1CC2. The van der Waals surface area contributed by atoms with Crippen LogP contribution in [0.25, 0.3) is 0 Å². The van der Waals surface area contributed by atoms with Crippen molar-refractivity contribution in [2.45, 2.75) is 38.8 Å². The minimum Gasteiger partial charge on any atom is -0.307 e. The van der Waals surface area contributed by atoms with Crippen LogP contribution < -0.4 is 5.32 Å². The molecule has 3 aliphatic rings. The van der Waals surface area contributed by atoms with Crippen molar-refractivity contribution in [2.75, 3.05) is 19.6 Å². The monoisotopic (exact) mass is 245 g/mol. The highest BCUT2D eigenvalue weighted by molar-refractivity contribution is 5.19. The lowest BCUT2D eigenvalue weighted by atomic mass is 9.84. The molecule has 1 N–H and O–H groups in total. The molecule has 0 aromatic carbocycles. The predicted molar refractivity (Wildman–Crippen MR) is 73.4 cm³/mol. The fourth-order valence-electron chi connectivity index (χ4n) is 3.38. The number of fused-ring (bicyclic) bond motifs is 3. The van der Waals surface area contributed by atoms with Crippen LogP contribution >= 0.6 is 0 Å². The first-order valence-electron chi connectivity index (χ1n) is 7.25. The van der Waals surface area contributed by atoms with Gasteiger partial charge in [0, 0.05) is 25.3 Å². The Labute approximate surface area is 110 Å². The number of nitrogens with one attached hydrogen (secondary N) is 1. The number of aryl methyl sites for hydroxylation is 1. The zero-order valence-corrected chi connectivity index (χ0v) is 11.2. The van der Waals surface area contributed by atoms with Crippen molar-refractivity contribution in [3.63, 3.8) is 0 Å². The standard InChI is InChI=1S/C15H23N3/c1-2-12-4-3-7-16-14(12)10-17-15-11-18-8-5-13(15)6-9-18/h3-4,7,13,15,17H,2,5-6,8-11H2,1H3. The quantitative estimate of drug-likeness (QED) is 0.877. The Morgan fingerprint density at radius 1 is 1.39 bits per heavy atom. The van der Waals surface area contributed by atoms with Crippen molar-refractivity contribution >= 4 is 0 Å². The van der Waals surface area contributed by atoms with Gasteiger partial charge in [0.1, 0.15) is 0 Å². The Bertz CT molecular complexity index is 396. The highest BCUT2D eigenvalue weighted by atomic mass is 15.2. The van der Waals surface area contributed by atoms with E-state index in [4.69, 9.17) is 0 Å². The number of aromatic nitrogens is 1. The minimum atomic E-state index is 0.680. The van der Waals surface area contributed by atoms with Gasteiger partial charge in [0.2, 0.25) is 0 Å². The average Bonchev–Trinajstić information content (AvgIpc) is 2.46. The molecule has 4 heterocycles. The zero-order valence-electron chi connectivity index (χ0n) is 11.2. The predicted octanol–water partition coefficient (Wildman–Crippen LogP) is 1.83. The summed E-state index contributed by atoms with van der Waals surface area (Å²) in [4.78, 5) is 7.11. The first kappa shape index (κ1) is 12.1. The van der Waals surface area contributed by atoms with E-state index >= 15 is 0 Å². The van der Waals surface area contributed by atoms with Gasteiger partial charge in [0.05, 0.1) is 5.69 Å². The van der Waals surface area contributed by atoms with Gasteiger partial charge < -0.3 is 10.2 Å². The van der Waals surface area contributed by atoms with Crippen molar-refractivity contribution in [1.29, 1.82) is 0 Å². The Morgan fingerprint density at radius 3 is 2.89 bits per heavy atom. The van der Waals surface area contributed by atoms with Crippen molar-refractivity contribution in [2.24, 2.45) is 5.92 Å². The number of hydrogen-bond donors (Lipinski definition) is 1. The van der Waals surface area contributed by atoms with Crippen LogP contribution in [-0.2, 0) is 13.0 Å². The molecule has 0 aliphatic carbocycles. The maximum Gasteiger partial charge on any atom is 0.0573 e. The average molecular weight is 245 g/mol. The molecule has 1 aromatic heterocycles. The fraction of sp³-hybridized carbons (Fsp3) is 0.667. The second-order valence-corrected chi connectivity index (χ2v) is 5.59. The van der Waals surface area contributed by atoms with Crippen LogP contribution in [-0.4, -0.2) is 35.6 Å². The second-order valence-electron chi connectivity index (χ2n) is 5.59. The van der Waals surface area contributed by atoms with Gasteiger partial charge in [-0.25, -0.2) is 0 Å². The molecule has 2 bridgehead atoms. The lowest BCUT2D eigenvalue weighted by Gasteiger charge is -2.45. The summed E-state index contributed by atoms with van der Waals surface area (Å²) in [6, 6.07) is 4.91. The first-order chi connectivity index (χ1) is 8.86. The Hall–Kier alpha value is -0.930. The molecule has 98 valence electrons. The summed E-state index contributed by atoms with van der Waals surface area (Å²) in [6.45, 7) is 6.99. The molecule has 3 heteroatoms.